The lowest BCUT2D eigenvalue weighted by Gasteiger charge is -2.22. The number of pyridine rings is 2. The lowest BCUT2D eigenvalue weighted by Crippen LogP contribution is -2.23. The fourth-order valence-electron chi connectivity index (χ4n) is 4.84. The Kier molecular flexibility index (Phi) is 4.81. The van der Waals surface area contributed by atoms with E-state index in [9.17, 15) is 4.79 Å². The molecule has 0 saturated heterocycles. The normalized spacial score (nSPS) is 11.2. The molecule has 0 unspecified atom stereocenters. The summed E-state index contributed by atoms with van der Waals surface area (Å²) in [6, 6.07) is 36.5. The molecule has 3 heteroatoms. The van der Waals surface area contributed by atoms with Crippen LogP contribution in [0.2, 0.25) is 0 Å². The predicted octanol–water partition coefficient (Wildman–Crippen LogP) is 7.18. The molecule has 0 saturated carbocycles. The first-order valence-corrected chi connectivity index (χ1v) is 11.4. The van der Waals surface area contributed by atoms with Gasteiger partial charge in [0.05, 0.1) is 16.9 Å². The molecule has 0 N–H and O–H groups in total. The molecule has 6 aromatic rings. The van der Waals surface area contributed by atoms with Gasteiger partial charge >= 0.3 is 0 Å². The minimum absolute atomic E-state index is 0.0459. The number of hydrogen-bond donors (Lipinski definition) is 0. The van der Waals surface area contributed by atoms with Crippen molar-refractivity contribution in [2.75, 3.05) is 0 Å². The van der Waals surface area contributed by atoms with Crippen molar-refractivity contribution < 1.29 is 0 Å². The Hall–Kier alpha value is -4.50. The summed E-state index contributed by atoms with van der Waals surface area (Å²) < 4.78 is 1.88. The Morgan fingerprint density at radius 2 is 1.29 bits per heavy atom. The van der Waals surface area contributed by atoms with Gasteiger partial charge in [0.25, 0.3) is 5.56 Å². The molecule has 6 rings (SSSR count). The molecule has 34 heavy (non-hydrogen) atoms. The van der Waals surface area contributed by atoms with Crippen molar-refractivity contribution in [1.29, 1.82) is 0 Å². The third kappa shape index (κ3) is 3.13. The van der Waals surface area contributed by atoms with Crippen LogP contribution in [-0.2, 0) is 0 Å². The summed E-state index contributed by atoms with van der Waals surface area (Å²) in [7, 11) is 0. The monoisotopic (exact) mass is 438 g/mol. The fraction of sp³-hybridized carbons (Fsp3) is 0.0323. The molecule has 0 atom stereocenters. The zero-order valence-electron chi connectivity index (χ0n) is 18.8. The van der Waals surface area contributed by atoms with Crippen LogP contribution in [0.4, 0.5) is 0 Å². The van der Waals surface area contributed by atoms with Crippen LogP contribution in [0.1, 0.15) is 5.56 Å². The molecular formula is C31H22N2O. The van der Waals surface area contributed by atoms with Crippen LogP contribution >= 0.6 is 0 Å². The van der Waals surface area contributed by atoms with Gasteiger partial charge in [-0.05, 0) is 41.1 Å². The second kappa shape index (κ2) is 8.13. The van der Waals surface area contributed by atoms with Crippen molar-refractivity contribution >= 4 is 21.7 Å². The average Bonchev–Trinajstić information content (AvgIpc) is 2.90. The predicted molar refractivity (Wildman–Crippen MR) is 140 cm³/mol. The van der Waals surface area contributed by atoms with E-state index in [1.54, 1.807) is 6.20 Å². The van der Waals surface area contributed by atoms with Gasteiger partial charge in [0.1, 0.15) is 0 Å². The third-order valence-electron chi connectivity index (χ3n) is 6.37. The van der Waals surface area contributed by atoms with Gasteiger partial charge in [0.2, 0.25) is 0 Å². The number of hydrogen-bond acceptors (Lipinski definition) is 2. The highest BCUT2D eigenvalue weighted by Gasteiger charge is 2.22. The Bertz CT molecular complexity index is 1720. The van der Waals surface area contributed by atoms with Crippen LogP contribution < -0.4 is 5.56 Å². The van der Waals surface area contributed by atoms with Gasteiger partial charge in [0.15, 0.2) is 0 Å². The van der Waals surface area contributed by atoms with Crippen LogP contribution in [0.15, 0.2) is 120 Å². The van der Waals surface area contributed by atoms with E-state index in [-0.39, 0.29) is 5.56 Å². The summed E-state index contributed by atoms with van der Waals surface area (Å²) >= 11 is 0. The molecule has 0 bridgehead atoms. The largest absolute Gasteiger partial charge is 0.273 e. The zero-order chi connectivity index (χ0) is 23.1. The maximum Gasteiger partial charge on any atom is 0.263 e. The fourth-order valence-corrected chi connectivity index (χ4v) is 4.84. The van der Waals surface area contributed by atoms with Gasteiger partial charge < -0.3 is 0 Å². The summed E-state index contributed by atoms with van der Waals surface area (Å²) in [5.41, 5.74) is 6.55. The number of rotatable bonds is 3. The summed E-state index contributed by atoms with van der Waals surface area (Å²) in [6.45, 7) is 2.04. The van der Waals surface area contributed by atoms with Crippen molar-refractivity contribution in [2.24, 2.45) is 0 Å². The Morgan fingerprint density at radius 3 is 2.03 bits per heavy atom. The number of aromatic nitrogens is 2. The first-order valence-electron chi connectivity index (χ1n) is 11.4. The van der Waals surface area contributed by atoms with E-state index in [4.69, 9.17) is 4.98 Å². The highest BCUT2D eigenvalue weighted by atomic mass is 16.1. The van der Waals surface area contributed by atoms with Crippen molar-refractivity contribution in [1.82, 2.24) is 9.55 Å². The van der Waals surface area contributed by atoms with Gasteiger partial charge in [0, 0.05) is 22.5 Å². The molecule has 3 nitrogen and oxygen atoms in total. The molecule has 2 aromatic heterocycles. The van der Waals surface area contributed by atoms with E-state index in [1.165, 1.54) is 0 Å². The summed E-state index contributed by atoms with van der Waals surface area (Å²) in [6.07, 6.45) is 1.79. The van der Waals surface area contributed by atoms with E-state index in [1.807, 2.05) is 84.3 Å². The summed E-state index contributed by atoms with van der Waals surface area (Å²) in [5.74, 6) is 0. The van der Waals surface area contributed by atoms with Crippen molar-refractivity contribution in [3.8, 4) is 28.1 Å². The van der Waals surface area contributed by atoms with Gasteiger partial charge in [-0.3, -0.25) is 14.3 Å². The van der Waals surface area contributed by atoms with Crippen LogP contribution in [0, 0.1) is 6.92 Å². The van der Waals surface area contributed by atoms with Crippen LogP contribution in [0.25, 0.3) is 49.7 Å². The van der Waals surface area contributed by atoms with E-state index < -0.39 is 0 Å². The maximum absolute atomic E-state index is 14.2. The highest BCUT2D eigenvalue weighted by Crippen LogP contribution is 2.39. The van der Waals surface area contributed by atoms with Crippen LogP contribution in [0.3, 0.4) is 0 Å². The van der Waals surface area contributed by atoms with Gasteiger partial charge in [-0.2, -0.15) is 0 Å². The van der Waals surface area contributed by atoms with E-state index >= 15 is 0 Å². The topological polar surface area (TPSA) is 34.9 Å². The van der Waals surface area contributed by atoms with Crippen molar-refractivity contribution in [3.63, 3.8) is 0 Å². The minimum Gasteiger partial charge on any atom is -0.273 e. The molecule has 0 amide bonds. The first kappa shape index (κ1) is 20.1. The average molecular weight is 439 g/mol. The van der Waals surface area contributed by atoms with Crippen LogP contribution in [-0.4, -0.2) is 9.55 Å². The second-order valence-electron chi connectivity index (χ2n) is 8.45. The lowest BCUT2D eigenvalue weighted by molar-refractivity contribution is 1.01. The number of nitrogens with zero attached hydrogens (tertiary/aromatic N) is 2. The molecule has 162 valence electrons. The molecule has 0 radical (unpaired) electrons. The molecule has 0 fully saturated rings. The van der Waals surface area contributed by atoms with E-state index in [2.05, 4.69) is 36.4 Å². The number of aryl methyl sites for hydroxylation is 1. The third-order valence-corrected chi connectivity index (χ3v) is 6.37. The Balaban J connectivity index is 1.91. The molecule has 0 aliphatic heterocycles. The van der Waals surface area contributed by atoms with Crippen molar-refractivity contribution in [2.45, 2.75) is 6.92 Å². The van der Waals surface area contributed by atoms with Gasteiger partial charge in [-0.1, -0.05) is 97.1 Å². The zero-order valence-corrected chi connectivity index (χ0v) is 18.8. The minimum atomic E-state index is -0.0459. The van der Waals surface area contributed by atoms with Crippen LogP contribution in [0.5, 0.6) is 0 Å². The summed E-state index contributed by atoms with van der Waals surface area (Å²) in [4.78, 5) is 19.0. The molecular weight excluding hydrogens is 416 g/mol. The molecule has 4 aromatic carbocycles. The lowest BCUT2D eigenvalue weighted by atomic mass is 9.93. The number of fused-ring (bicyclic) bond motifs is 2. The molecule has 0 spiro atoms. The molecule has 0 aliphatic rings. The molecule has 2 heterocycles. The summed E-state index contributed by atoms with van der Waals surface area (Å²) in [5, 5.41) is 2.64. The Labute approximate surface area is 197 Å². The first-order chi connectivity index (χ1) is 16.7. The quantitative estimate of drug-likeness (QED) is 0.293. The second-order valence-corrected chi connectivity index (χ2v) is 8.45. The highest BCUT2D eigenvalue weighted by molar-refractivity contribution is 6.04. The van der Waals surface area contributed by atoms with Gasteiger partial charge in [-0.15, -0.1) is 0 Å². The standard InChI is InChI=1S/C31H22N2O/c1-21-18-19-23-15-10-20-32-28(23)29(21)33-30(24-13-6-3-7-14-24)27(22-11-4-2-5-12-22)25-16-8-9-17-26(25)31(33)34/h2-20H,1H3. The number of benzene rings is 4. The van der Waals surface area contributed by atoms with E-state index in [0.717, 1.165) is 49.9 Å². The smallest absolute Gasteiger partial charge is 0.263 e. The Morgan fingerprint density at radius 1 is 0.647 bits per heavy atom. The maximum atomic E-state index is 14.2. The van der Waals surface area contributed by atoms with Crippen molar-refractivity contribution in [3.05, 3.63) is 131 Å². The molecule has 0 aliphatic carbocycles. The van der Waals surface area contributed by atoms with E-state index in [0.29, 0.717) is 5.39 Å². The van der Waals surface area contributed by atoms with Gasteiger partial charge in [-0.25, -0.2) is 0 Å². The SMILES string of the molecule is Cc1ccc2cccnc2c1-n1c(-c2ccccc2)c(-c2ccccc2)c2ccccc2c1=O.